The van der Waals surface area contributed by atoms with Crippen LogP contribution in [-0.2, 0) is 11.3 Å². The van der Waals surface area contributed by atoms with E-state index < -0.39 is 6.09 Å². The molecular formula is C14H15N3O2. The Labute approximate surface area is 111 Å². The molecule has 5 nitrogen and oxygen atoms in total. The minimum absolute atomic E-state index is 0.456. The Morgan fingerprint density at radius 1 is 1.21 bits per heavy atom. The number of benzene rings is 1. The lowest BCUT2D eigenvalue weighted by atomic mass is 10.2. The van der Waals surface area contributed by atoms with E-state index in [2.05, 4.69) is 20.4 Å². The van der Waals surface area contributed by atoms with Crippen LogP contribution in [0, 0.1) is 0 Å². The molecule has 2 N–H and O–H groups in total. The molecule has 0 saturated heterocycles. The van der Waals surface area contributed by atoms with Crippen molar-refractivity contribution in [2.24, 2.45) is 0 Å². The fraction of sp³-hybridized carbons (Fsp3) is 0.143. The molecular weight excluding hydrogens is 242 g/mol. The number of methoxy groups -OCH3 is 1. The van der Waals surface area contributed by atoms with Gasteiger partial charge in [0.25, 0.3) is 0 Å². The molecule has 0 fully saturated rings. The van der Waals surface area contributed by atoms with Gasteiger partial charge >= 0.3 is 6.09 Å². The highest BCUT2D eigenvalue weighted by molar-refractivity contribution is 5.83. The number of nitrogens with one attached hydrogen (secondary N) is 2. The number of amides is 1. The summed E-state index contributed by atoms with van der Waals surface area (Å²) in [7, 11) is 1.31. The maximum absolute atomic E-state index is 11.0. The van der Waals surface area contributed by atoms with Gasteiger partial charge < -0.3 is 10.1 Å². The lowest BCUT2D eigenvalue weighted by molar-refractivity contribution is 0.187. The van der Waals surface area contributed by atoms with Crippen molar-refractivity contribution in [1.82, 2.24) is 4.98 Å². The summed E-state index contributed by atoms with van der Waals surface area (Å²) in [6.45, 7) is 0.728. The van der Waals surface area contributed by atoms with E-state index in [0.29, 0.717) is 5.82 Å². The van der Waals surface area contributed by atoms with Crippen LogP contribution in [0.15, 0.2) is 48.7 Å². The van der Waals surface area contributed by atoms with Crippen LogP contribution in [0.2, 0.25) is 0 Å². The van der Waals surface area contributed by atoms with Gasteiger partial charge in [0.2, 0.25) is 0 Å². The molecule has 1 aromatic heterocycles. The van der Waals surface area contributed by atoms with E-state index in [4.69, 9.17) is 0 Å². The molecule has 2 rings (SSSR count). The molecule has 19 heavy (non-hydrogen) atoms. The number of pyridine rings is 1. The Morgan fingerprint density at radius 3 is 2.63 bits per heavy atom. The maximum Gasteiger partial charge on any atom is 0.412 e. The van der Waals surface area contributed by atoms with Crippen LogP contribution in [0.3, 0.4) is 0 Å². The topological polar surface area (TPSA) is 63.2 Å². The third-order valence-electron chi connectivity index (χ3n) is 2.52. The van der Waals surface area contributed by atoms with Crippen LogP contribution in [0.25, 0.3) is 0 Å². The summed E-state index contributed by atoms with van der Waals surface area (Å²) in [6, 6.07) is 13.6. The highest BCUT2D eigenvalue weighted by Crippen LogP contribution is 2.11. The van der Waals surface area contributed by atoms with Crippen LogP contribution >= 0.6 is 0 Å². The molecule has 1 aromatic carbocycles. The Bertz CT molecular complexity index is 526. The average molecular weight is 257 g/mol. The van der Waals surface area contributed by atoms with Crippen LogP contribution in [0.4, 0.5) is 16.3 Å². The number of anilines is 2. The summed E-state index contributed by atoms with van der Waals surface area (Å²) in [6.07, 6.45) is 1.13. The number of hydrogen-bond donors (Lipinski definition) is 2. The van der Waals surface area contributed by atoms with E-state index in [-0.39, 0.29) is 0 Å². The van der Waals surface area contributed by atoms with Crippen molar-refractivity contribution in [3.05, 3.63) is 54.2 Å². The third-order valence-corrected chi connectivity index (χ3v) is 2.52. The first-order chi connectivity index (χ1) is 9.28. The maximum atomic E-state index is 11.0. The van der Waals surface area contributed by atoms with Gasteiger partial charge in [-0.05, 0) is 17.7 Å². The summed E-state index contributed by atoms with van der Waals surface area (Å²) in [5, 5.41) is 5.74. The zero-order chi connectivity index (χ0) is 13.5. The normalized spacial score (nSPS) is 9.74. The van der Waals surface area contributed by atoms with Crippen LogP contribution < -0.4 is 10.6 Å². The van der Waals surface area contributed by atoms with Crippen molar-refractivity contribution in [2.75, 3.05) is 17.7 Å². The second-order valence-corrected chi connectivity index (χ2v) is 3.89. The van der Waals surface area contributed by atoms with Crippen molar-refractivity contribution in [3.63, 3.8) is 0 Å². The predicted octanol–water partition coefficient (Wildman–Crippen LogP) is 2.87. The fourth-order valence-electron chi connectivity index (χ4n) is 1.53. The number of rotatable bonds is 4. The summed E-state index contributed by atoms with van der Waals surface area (Å²) in [5.41, 5.74) is 2.08. The Kier molecular flexibility index (Phi) is 4.34. The molecule has 98 valence electrons. The molecule has 0 spiro atoms. The molecule has 0 aliphatic heterocycles. The molecule has 5 heteroatoms. The fourth-order valence-corrected chi connectivity index (χ4v) is 1.53. The summed E-state index contributed by atoms with van der Waals surface area (Å²) < 4.78 is 4.48. The van der Waals surface area contributed by atoms with Crippen LogP contribution in [0.1, 0.15) is 5.56 Å². The summed E-state index contributed by atoms with van der Waals surface area (Å²) in [4.78, 5) is 15.1. The largest absolute Gasteiger partial charge is 0.453 e. The average Bonchev–Trinajstić information content (AvgIpc) is 2.47. The van der Waals surface area contributed by atoms with Gasteiger partial charge in [0, 0.05) is 6.54 Å². The molecule has 0 aliphatic rings. The van der Waals surface area contributed by atoms with E-state index in [9.17, 15) is 4.79 Å². The van der Waals surface area contributed by atoms with E-state index in [1.807, 2.05) is 36.4 Å². The van der Waals surface area contributed by atoms with Gasteiger partial charge in [-0.2, -0.15) is 0 Å². The van der Waals surface area contributed by atoms with Crippen LogP contribution in [-0.4, -0.2) is 18.2 Å². The zero-order valence-electron chi connectivity index (χ0n) is 10.6. The zero-order valence-corrected chi connectivity index (χ0v) is 10.6. The Balaban J connectivity index is 1.90. The monoisotopic (exact) mass is 257 g/mol. The summed E-state index contributed by atoms with van der Waals surface area (Å²) >= 11 is 0. The molecule has 2 aromatic rings. The number of aromatic nitrogens is 1. The van der Waals surface area contributed by atoms with E-state index >= 15 is 0 Å². The molecule has 1 heterocycles. The number of carbonyl (C=O) groups excluding carboxylic acids is 1. The molecule has 1 amide bonds. The SMILES string of the molecule is COC(=O)Nc1ccc(NCc2ccccc2)cn1. The van der Waals surface area contributed by atoms with Crippen molar-refractivity contribution in [2.45, 2.75) is 6.54 Å². The molecule has 0 aliphatic carbocycles. The quantitative estimate of drug-likeness (QED) is 0.884. The van der Waals surface area contributed by atoms with Crippen molar-refractivity contribution >= 4 is 17.6 Å². The van der Waals surface area contributed by atoms with Gasteiger partial charge in [-0.25, -0.2) is 9.78 Å². The van der Waals surface area contributed by atoms with Crippen molar-refractivity contribution in [1.29, 1.82) is 0 Å². The van der Waals surface area contributed by atoms with E-state index in [1.54, 1.807) is 12.3 Å². The standard InChI is InChI=1S/C14H15N3O2/c1-19-14(18)17-13-8-7-12(10-16-13)15-9-11-5-3-2-4-6-11/h2-8,10,15H,9H2,1H3,(H,16,17,18). The van der Waals surface area contributed by atoms with Gasteiger partial charge in [0.15, 0.2) is 0 Å². The van der Waals surface area contributed by atoms with Gasteiger partial charge in [0.1, 0.15) is 5.82 Å². The van der Waals surface area contributed by atoms with Crippen molar-refractivity contribution < 1.29 is 9.53 Å². The molecule has 0 radical (unpaired) electrons. The number of ether oxygens (including phenoxy) is 1. The first-order valence-electron chi connectivity index (χ1n) is 5.87. The molecule has 0 bridgehead atoms. The lowest BCUT2D eigenvalue weighted by Crippen LogP contribution is -2.12. The smallest absolute Gasteiger partial charge is 0.412 e. The second kappa shape index (κ2) is 6.39. The number of carbonyl (C=O) groups is 1. The number of hydrogen-bond acceptors (Lipinski definition) is 4. The minimum atomic E-state index is -0.530. The van der Waals surface area contributed by atoms with Crippen LogP contribution in [0.5, 0.6) is 0 Å². The van der Waals surface area contributed by atoms with Crippen molar-refractivity contribution in [3.8, 4) is 0 Å². The number of nitrogens with zero attached hydrogens (tertiary/aromatic N) is 1. The minimum Gasteiger partial charge on any atom is -0.453 e. The summed E-state index contributed by atoms with van der Waals surface area (Å²) in [5.74, 6) is 0.456. The Morgan fingerprint density at radius 2 is 2.00 bits per heavy atom. The third kappa shape index (κ3) is 3.99. The van der Waals surface area contributed by atoms with E-state index in [0.717, 1.165) is 12.2 Å². The highest BCUT2D eigenvalue weighted by atomic mass is 16.5. The first kappa shape index (κ1) is 12.9. The molecule has 0 unspecified atom stereocenters. The predicted molar refractivity (Wildman–Crippen MR) is 74.0 cm³/mol. The van der Waals surface area contributed by atoms with Gasteiger partial charge in [-0.15, -0.1) is 0 Å². The van der Waals surface area contributed by atoms with E-state index in [1.165, 1.54) is 12.7 Å². The second-order valence-electron chi connectivity index (χ2n) is 3.89. The van der Waals surface area contributed by atoms with Gasteiger partial charge in [0.05, 0.1) is 19.0 Å². The molecule has 0 atom stereocenters. The van der Waals surface area contributed by atoms with Gasteiger partial charge in [-0.1, -0.05) is 30.3 Å². The molecule has 0 saturated carbocycles. The lowest BCUT2D eigenvalue weighted by Gasteiger charge is -2.07. The Hall–Kier alpha value is -2.56. The first-order valence-corrected chi connectivity index (χ1v) is 5.87. The van der Waals surface area contributed by atoms with Gasteiger partial charge in [-0.3, -0.25) is 5.32 Å². The highest BCUT2D eigenvalue weighted by Gasteiger charge is 2.01.